The van der Waals surface area contributed by atoms with Crippen molar-refractivity contribution >= 4 is 0 Å². The van der Waals surface area contributed by atoms with Crippen LogP contribution >= 0.6 is 0 Å². The zero-order chi connectivity index (χ0) is 15.2. The van der Waals surface area contributed by atoms with E-state index in [0.717, 1.165) is 23.1 Å². The Bertz CT molecular complexity index is 675. The number of nitrogens with one attached hydrogen (secondary N) is 1. The van der Waals surface area contributed by atoms with E-state index in [-0.39, 0.29) is 5.82 Å². The van der Waals surface area contributed by atoms with Gasteiger partial charge in [-0.05, 0) is 66.9 Å². The van der Waals surface area contributed by atoms with Crippen molar-refractivity contribution in [2.45, 2.75) is 19.9 Å². The molecular weight excluding hydrogens is 270 g/mol. The summed E-state index contributed by atoms with van der Waals surface area (Å²) in [6.45, 7) is 3.07. The Kier molecular flexibility index (Phi) is 5.02. The van der Waals surface area contributed by atoms with Crippen LogP contribution in [0.25, 0.3) is 0 Å². The summed E-state index contributed by atoms with van der Waals surface area (Å²) in [6.07, 6.45) is 0.770. The molecule has 21 heavy (non-hydrogen) atoms. The summed E-state index contributed by atoms with van der Waals surface area (Å²) in [6, 6.07) is 11.0. The van der Waals surface area contributed by atoms with Gasteiger partial charge in [0.2, 0.25) is 0 Å². The van der Waals surface area contributed by atoms with Crippen LogP contribution < -0.4 is 5.32 Å². The summed E-state index contributed by atoms with van der Waals surface area (Å²) < 4.78 is 26.3. The fourth-order valence-corrected chi connectivity index (χ4v) is 2.21. The zero-order valence-corrected chi connectivity index (χ0v) is 11.8. The van der Waals surface area contributed by atoms with Gasteiger partial charge in [0, 0.05) is 6.54 Å². The van der Waals surface area contributed by atoms with Crippen LogP contribution in [0.2, 0.25) is 0 Å². The van der Waals surface area contributed by atoms with E-state index in [2.05, 4.69) is 5.32 Å². The third-order valence-electron chi connectivity index (χ3n) is 3.29. The lowest BCUT2D eigenvalue weighted by Crippen LogP contribution is -2.17. The van der Waals surface area contributed by atoms with Gasteiger partial charge in [0.05, 0.1) is 11.6 Å². The lowest BCUT2D eigenvalue weighted by Gasteiger charge is -2.08. The SMILES string of the molecule is Cc1cc(F)ccc1CCNCc1cc(F)cc(C#N)c1. The third-order valence-corrected chi connectivity index (χ3v) is 3.29. The molecule has 108 valence electrons. The molecule has 0 heterocycles. The standard InChI is InChI=1S/C17H16F2N2/c1-12-6-16(18)3-2-15(12)4-5-21-11-14-7-13(10-20)8-17(19)9-14/h2-3,6-9,21H,4-5,11H2,1H3. The molecule has 0 aromatic heterocycles. The predicted molar refractivity (Wildman–Crippen MR) is 77.7 cm³/mol. The van der Waals surface area contributed by atoms with Crippen molar-refractivity contribution in [3.05, 3.63) is 70.3 Å². The predicted octanol–water partition coefficient (Wildman–Crippen LogP) is 3.48. The Morgan fingerprint density at radius 1 is 1.10 bits per heavy atom. The van der Waals surface area contributed by atoms with E-state index in [0.29, 0.717) is 18.7 Å². The average molecular weight is 286 g/mol. The zero-order valence-electron chi connectivity index (χ0n) is 11.8. The van der Waals surface area contributed by atoms with Crippen molar-refractivity contribution in [3.8, 4) is 6.07 Å². The van der Waals surface area contributed by atoms with Crippen molar-refractivity contribution in [1.82, 2.24) is 5.32 Å². The molecule has 0 bridgehead atoms. The second-order valence-electron chi connectivity index (χ2n) is 4.96. The highest BCUT2D eigenvalue weighted by molar-refractivity contribution is 5.33. The molecule has 0 radical (unpaired) electrons. The van der Waals surface area contributed by atoms with Crippen molar-refractivity contribution in [2.24, 2.45) is 0 Å². The average Bonchev–Trinajstić information content (AvgIpc) is 2.44. The van der Waals surface area contributed by atoms with Crippen molar-refractivity contribution < 1.29 is 8.78 Å². The fraction of sp³-hybridized carbons (Fsp3) is 0.235. The molecule has 4 heteroatoms. The normalized spacial score (nSPS) is 10.4. The molecule has 0 aliphatic heterocycles. The van der Waals surface area contributed by atoms with Crippen LogP contribution in [-0.2, 0) is 13.0 Å². The summed E-state index contributed by atoms with van der Waals surface area (Å²) in [4.78, 5) is 0. The minimum Gasteiger partial charge on any atom is -0.312 e. The minimum absolute atomic E-state index is 0.229. The quantitative estimate of drug-likeness (QED) is 0.854. The largest absolute Gasteiger partial charge is 0.312 e. The number of nitrogens with zero attached hydrogens (tertiary/aromatic N) is 1. The molecule has 0 aliphatic rings. The van der Waals surface area contributed by atoms with Crippen LogP contribution in [-0.4, -0.2) is 6.54 Å². The molecule has 0 unspecified atom stereocenters. The molecule has 0 atom stereocenters. The number of hydrogen-bond donors (Lipinski definition) is 1. The van der Waals surface area contributed by atoms with Gasteiger partial charge in [0.15, 0.2) is 0 Å². The van der Waals surface area contributed by atoms with Crippen LogP contribution in [0.4, 0.5) is 8.78 Å². The Labute approximate surface area is 123 Å². The summed E-state index contributed by atoms with van der Waals surface area (Å²) in [7, 11) is 0. The Morgan fingerprint density at radius 3 is 2.62 bits per heavy atom. The topological polar surface area (TPSA) is 35.8 Å². The first-order valence-electron chi connectivity index (χ1n) is 6.74. The van der Waals surface area contributed by atoms with Crippen LogP contribution in [0.15, 0.2) is 36.4 Å². The number of aryl methyl sites for hydroxylation is 1. The molecule has 1 N–H and O–H groups in total. The van der Waals surface area contributed by atoms with Crippen LogP contribution in [0.5, 0.6) is 0 Å². The van der Waals surface area contributed by atoms with Crippen LogP contribution in [0.1, 0.15) is 22.3 Å². The first kappa shape index (κ1) is 15.1. The minimum atomic E-state index is -0.403. The molecule has 0 amide bonds. The second kappa shape index (κ2) is 6.96. The van der Waals surface area contributed by atoms with Gasteiger partial charge in [-0.3, -0.25) is 0 Å². The van der Waals surface area contributed by atoms with Gasteiger partial charge in [0.1, 0.15) is 11.6 Å². The monoisotopic (exact) mass is 286 g/mol. The molecule has 0 saturated heterocycles. The van der Waals surface area contributed by atoms with Gasteiger partial charge < -0.3 is 5.32 Å². The summed E-state index contributed by atoms with van der Waals surface area (Å²) in [5.41, 5.74) is 3.07. The number of benzene rings is 2. The van der Waals surface area contributed by atoms with Crippen molar-refractivity contribution in [3.63, 3.8) is 0 Å². The van der Waals surface area contributed by atoms with Gasteiger partial charge in [-0.1, -0.05) is 6.07 Å². The Hall–Kier alpha value is -2.25. The highest BCUT2D eigenvalue weighted by Crippen LogP contribution is 2.11. The molecule has 0 spiro atoms. The fourth-order valence-electron chi connectivity index (χ4n) is 2.21. The van der Waals surface area contributed by atoms with E-state index in [1.165, 1.54) is 24.3 Å². The van der Waals surface area contributed by atoms with Crippen LogP contribution in [0.3, 0.4) is 0 Å². The Balaban J connectivity index is 1.87. The molecule has 2 rings (SSSR count). The van der Waals surface area contributed by atoms with E-state index < -0.39 is 5.82 Å². The molecule has 2 aromatic rings. The highest BCUT2D eigenvalue weighted by Gasteiger charge is 2.02. The van der Waals surface area contributed by atoms with Gasteiger partial charge in [-0.2, -0.15) is 5.26 Å². The molecule has 0 saturated carbocycles. The lowest BCUT2D eigenvalue weighted by atomic mass is 10.1. The number of hydrogen-bond acceptors (Lipinski definition) is 2. The van der Waals surface area contributed by atoms with E-state index >= 15 is 0 Å². The van der Waals surface area contributed by atoms with E-state index in [4.69, 9.17) is 5.26 Å². The second-order valence-corrected chi connectivity index (χ2v) is 4.96. The summed E-state index contributed by atoms with van der Waals surface area (Å²) >= 11 is 0. The molecule has 0 aliphatic carbocycles. The summed E-state index contributed by atoms with van der Waals surface area (Å²) in [5.74, 6) is -0.631. The molecule has 2 nitrogen and oxygen atoms in total. The van der Waals surface area contributed by atoms with Gasteiger partial charge in [-0.15, -0.1) is 0 Å². The maximum atomic E-state index is 13.3. The van der Waals surface area contributed by atoms with E-state index in [1.807, 2.05) is 13.0 Å². The van der Waals surface area contributed by atoms with Crippen molar-refractivity contribution in [1.29, 1.82) is 5.26 Å². The van der Waals surface area contributed by atoms with Gasteiger partial charge in [-0.25, -0.2) is 8.78 Å². The number of rotatable bonds is 5. The molecule has 0 fully saturated rings. The first-order valence-corrected chi connectivity index (χ1v) is 6.74. The number of nitriles is 1. The molecular formula is C17H16F2N2. The highest BCUT2D eigenvalue weighted by atomic mass is 19.1. The molecule has 2 aromatic carbocycles. The van der Waals surface area contributed by atoms with Crippen molar-refractivity contribution in [2.75, 3.05) is 6.54 Å². The third kappa shape index (κ3) is 4.37. The van der Waals surface area contributed by atoms with Gasteiger partial charge in [0.25, 0.3) is 0 Å². The van der Waals surface area contributed by atoms with Crippen LogP contribution in [0, 0.1) is 29.9 Å². The Morgan fingerprint density at radius 2 is 1.90 bits per heavy atom. The van der Waals surface area contributed by atoms with E-state index in [1.54, 1.807) is 12.1 Å². The smallest absolute Gasteiger partial charge is 0.124 e. The summed E-state index contributed by atoms with van der Waals surface area (Å²) in [5, 5.41) is 12.0. The lowest BCUT2D eigenvalue weighted by molar-refractivity contribution is 0.618. The number of halogens is 2. The maximum Gasteiger partial charge on any atom is 0.124 e. The van der Waals surface area contributed by atoms with Gasteiger partial charge >= 0.3 is 0 Å². The first-order chi connectivity index (χ1) is 10.1. The maximum absolute atomic E-state index is 13.3. The van der Waals surface area contributed by atoms with E-state index in [9.17, 15) is 8.78 Å².